The molecule has 1 aromatic rings. The number of benzene rings is 1. The molecule has 0 aliphatic heterocycles. The summed E-state index contributed by atoms with van der Waals surface area (Å²) in [7, 11) is 0. The Morgan fingerprint density at radius 3 is 2.33 bits per heavy atom. The minimum absolute atomic E-state index is 0.237. The molecule has 0 bridgehead atoms. The Labute approximate surface area is 176 Å². The minimum Gasteiger partial charge on any atom is -0.403 e. The summed E-state index contributed by atoms with van der Waals surface area (Å²) < 4.78 is 55.1. The maximum Gasteiger partial charge on any atom is 0.573 e. The van der Waals surface area contributed by atoms with Gasteiger partial charge < -0.3 is 4.74 Å². The molecule has 3 saturated carbocycles. The van der Waals surface area contributed by atoms with Gasteiger partial charge >= 0.3 is 6.36 Å². The smallest absolute Gasteiger partial charge is 0.403 e. The first-order valence-electron chi connectivity index (χ1n) is 11.6. The predicted molar refractivity (Wildman–Crippen MR) is 110 cm³/mol. The van der Waals surface area contributed by atoms with Crippen LogP contribution in [0.3, 0.4) is 0 Å². The molecular formula is C25H32F4O. The lowest BCUT2D eigenvalue weighted by Crippen LogP contribution is -2.41. The molecule has 30 heavy (non-hydrogen) atoms. The fraction of sp³-hybridized carbons (Fsp3) is 0.680. The molecule has 0 spiro atoms. The number of alkyl halides is 3. The minimum atomic E-state index is -4.87. The summed E-state index contributed by atoms with van der Waals surface area (Å²) in [5.41, 5.74) is 0.816. The number of allylic oxidation sites excluding steroid dienone is 2. The Hall–Kier alpha value is -1.52. The zero-order valence-electron chi connectivity index (χ0n) is 17.6. The monoisotopic (exact) mass is 424 g/mol. The highest BCUT2D eigenvalue weighted by Crippen LogP contribution is 2.55. The second-order valence-electron chi connectivity index (χ2n) is 9.58. The summed E-state index contributed by atoms with van der Waals surface area (Å²) in [4.78, 5) is 0. The van der Waals surface area contributed by atoms with Crippen LogP contribution in [0.25, 0.3) is 0 Å². The maximum atomic E-state index is 14.2. The first-order valence-corrected chi connectivity index (χ1v) is 11.6. The van der Waals surface area contributed by atoms with Crippen LogP contribution in [0.1, 0.15) is 76.2 Å². The third kappa shape index (κ3) is 4.86. The van der Waals surface area contributed by atoms with Gasteiger partial charge in [0, 0.05) is 0 Å². The van der Waals surface area contributed by atoms with Crippen LogP contribution in [0.15, 0.2) is 30.4 Å². The van der Waals surface area contributed by atoms with Crippen LogP contribution in [0.5, 0.6) is 5.75 Å². The molecular weight excluding hydrogens is 392 g/mol. The van der Waals surface area contributed by atoms with Gasteiger partial charge in [0.15, 0.2) is 11.6 Å². The lowest BCUT2D eigenvalue weighted by molar-refractivity contribution is -0.275. The van der Waals surface area contributed by atoms with Crippen molar-refractivity contribution in [1.82, 2.24) is 0 Å². The summed E-state index contributed by atoms with van der Waals surface area (Å²) in [5, 5.41) is 0. The second-order valence-corrected chi connectivity index (χ2v) is 9.58. The van der Waals surface area contributed by atoms with Crippen molar-refractivity contribution in [1.29, 1.82) is 0 Å². The number of hydrogen-bond donors (Lipinski definition) is 0. The van der Waals surface area contributed by atoms with E-state index in [1.807, 2.05) is 0 Å². The molecule has 0 aromatic heterocycles. The van der Waals surface area contributed by atoms with Crippen molar-refractivity contribution in [2.24, 2.45) is 29.6 Å². The zero-order chi connectivity index (χ0) is 21.3. The first-order chi connectivity index (χ1) is 14.3. The zero-order valence-corrected chi connectivity index (χ0v) is 17.6. The standard InChI is InChI=1S/C25H32F4O/c1-2-3-4-16-5-10-21-19(13-16)6-7-20-14-17(8-11-22(20)21)18-9-12-24(23(26)15-18)30-25(27,28)29/h3-4,9,12,15-17,19-22H,2,5-8,10-11,13-14H2,1H3/b4-3+. The topological polar surface area (TPSA) is 9.23 Å². The van der Waals surface area contributed by atoms with Crippen LogP contribution in [0.4, 0.5) is 17.6 Å². The number of rotatable bonds is 4. The quantitative estimate of drug-likeness (QED) is 0.351. The van der Waals surface area contributed by atoms with Crippen molar-refractivity contribution in [3.8, 4) is 5.75 Å². The van der Waals surface area contributed by atoms with Gasteiger partial charge in [-0.25, -0.2) is 4.39 Å². The van der Waals surface area contributed by atoms with Crippen LogP contribution >= 0.6 is 0 Å². The molecule has 6 unspecified atom stereocenters. The van der Waals surface area contributed by atoms with Crippen LogP contribution < -0.4 is 4.74 Å². The van der Waals surface area contributed by atoms with E-state index in [-0.39, 0.29) is 5.92 Å². The largest absolute Gasteiger partial charge is 0.573 e. The Morgan fingerprint density at radius 2 is 1.67 bits per heavy atom. The third-order valence-electron chi connectivity index (χ3n) is 7.88. The average molecular weight is 425 g/mol. The molecule has 6 atom stereocenters. The maximum absolute atomic E-state index is 14.2. The Morgan fingerprint density at radius 1 is 0.967 bits per heavy atom. The molecule has 0 N–H and O–H groups in total. The van der Waals surface area contributed by atoms with Gasteiger partial charge in [-0.05, 0) is 111 Å². The van der Waals surface area contributed by atoms with Crippen molar-refractivity contribution < 1.29 is 22.3 Å². The number of fused-ring (bicyclic) bond motifs is 3. The number of hydrogen-bond acceptors (Lipinski definition) is 1. The molecule has 5 heteroatoms. The van der Waals surface area contributed by atoms with Gasteiger partial charge in [0.1, 0.15) is 0 Å². The van der Waals surface area contributed by atoms with Crippen molar-refractivity contribution >= 4 is 0 Å². The van der Waals surface area contributed by atoms with E-state index in [1.165, 1.54) is 38.2 Å². The summed E-state index contributed by atoms with van der Waals surface area (Å²) in [6.45, 7) is 2.19. The fourth-order valence-corrected chi connectivity index (χ4v) is 6.62. The molecule has 0 amide bonds. The van der Waals surface area contributed by atoms with Crippen molar-refractivity contribution in [2.45, 2.75) is 77.0 Å². The third-order valence-corrected chi connectivity index (χ3v) is 7.88. The number of ether oxygens (including phenoxy) is 1. The number of halogens is 4. The molecule has 0 saturated heterocycles. The lowest BCUT2D eigenvalue weighted by atomic mass is 9.55. The normalized spacial score (nSPS) is 34.4. The predicted octanol–water partition coefficient (Wildman–Crippen LogP) is 8.02. The second kappa shape index (κ2) is 8.92. The van der Waals surface area contributed by atoms with E-state index in [1.54, 1.807) is 6.07 Å². The van der Waals surface area contributed by atoms with Gasteiger partial charge in [-0.2, -0.15) is 0 Å². The summed E-state index contributed by atoms with van der Waals surface area (Å²) in [6, 6.07) is 4.00. The lowest BCUT2D eigenvalue weighted by Gasteiger charge is -2.50. The molecule has 3 fully saturated rings. The van der Waals surface area contributed by atoms with Crippen molar-refractivity contribution in [2.75, 3.05) is 0 Å². The SMILES string of the molecule is CC/C=C/C1CCC2C(CCC3CC(c4ccc(OC(F)(F)F)c(F)c4)CCC32)C1. The summed E-state index contributed by atoms with van der Waals surface area (Å²) >= 11 is 0. The van der Waals surface area contributed by atoms with Crippen LogP contribution in [0.2, 0.25) is 0 Å². The van der Waals surface area contributed by atoms with E-state index >= 15 is 0 Å². The van der Waals surface area contributed by atoms with E-state index in [4.69, 9.17) is 0 Å². The molecule has 3 aliphatic carbocycles. The fourth-order valence-electron chi connectivity index (χ4n) is 6.62. The highest BCUT2D eigenvalue weighted by Gasteiger charge is 2.44. The first kappa shape index (κ1) is 21.7. The average Bonchev–Trinajstić information content (AvgIpc) is 2.72. The van der Waals surface area contributed by atoms with E-state index in [9.17, 15) is 17.6 Å². The molecule has 0 radical (unpaired) electrons. The van der Waals surface area contributed by atoms with Gasteiger partial charge in [-0.1, -0.05) is 25.1 Å². The van der Waals surface area contributed by atoms with Crippen LogP contribution in [-0.2, 0) is 0 Å². The van der Waals surface area contributed by atoms with E-state index in [0.717, 1.165) is 61.0 Å². The Kier molecular flexibility index (Phi) is 6.45. The Bertz CT molecular complexity index is 756. The summed E-state index contributed by atoms with van der Waals surface area (Å²) in [6.07, 6.45) is 10.7. The van der Waals surface area contributed by atoms with Crippen molar-refractivity contribution in [3.05, 3.63) is 41.7 Å². The van der Waals surface area contributed by atoms with Crippen LogP contribution in [0, 0.1) is 35.4 Å². The molecule has 4 rings (SSSR count). The van der Waals surface area contributed by atoms with E-state index in [2.05, 4.69) is 23.8 Å². The molecule has 1 aromatic carbocycles. The molecule has 1 nitrogen and oxygen atoms in total. The van der Waals surface area contributed by atoms with Gasteiger partial charge in [0.05, 0.1) is 0 Å². The van der Waals surface area contributed by atoms with Gasteiger partial charge in [-0.3, -0.25) is 0 Å². The van der Waals surface area contributed by atoms with Crippen LogP contribution in [-0.4, -0.2) is 6.36 Å². The van der Waals surface area contributed by atoms with E-state index in [0.29, 0.717) is 5.92 Å². The molecule has 166 valence electrons. The van der Waals surface area contributed by atoms with Gasteiger partial charge in [-0.15, -0.1) is 13.2 Å². The Balaban J connectivity index is 1.39. The van der Waals surface area contributed by atoms with E-state index < -0.39 is 17.9 Å². The van der Waals surface area contributed by atoms with Gasteiger partial charge in [0.25, 0.3) is 0 Å². The highest BCUT2D eigenvalue weighted by atomic mass is 19.4. The molecule has 0 heterocycles. The summed E-state index contributed by atoms with van der Waals surface area (Å²) in [5.74, 6) is 2.44. The van der Waals surface area contributed by atoms with Crippen molar-refractivity contribution in [3.63, 3.8) is 0 Å². The highest BCUT2D eigenvalue weighted by molar-refractivity contribution is 5.32. The molecule has 3 aliphatic rings. The van der Waals surface area contributed by atoms with Gasteiger partial charge in [0.2, 0.25) is 0 Å².